The summed E-state index contributed by atoms with van der Waals surface area (Å²) in [6.07, 6.45) is 5.07. The fourth-order valence-electron chi connectivity index (χ4n) is 3.86. The number of nitrogens with one attached hydrogen (secondary N) is 1. The topological polar surface area (TPSA) is 61.9 Å². The molecule has 26 heavy (non-hydrogen) atoms. The molecule has 2 aromatic heterocycles. The van der Waals surface area contributed by atoms with Crippen molar-refractivity contribution in [1.29, 1.82) is 0 Å². The molecule has 0 atom stereocenters. The number of fused-ring (bicyclic) bond motifs is 1. The van der Waals surface area contributed by atoms with E-state index in [-0.39, 0.29) is 5.91 Å². The maximum atomic E-state index is 12.8. The number of piperidine rings is 1. The molecule has 0 bridgehead atoms. The highest BCUT2D eigenvalue weighted by molar-refractivity contribution is 5.97. The minimum absolute atomic E-state index is 0.123. The van der Waals surface area contributed by atoms with Gasteiger partial charge in [0.05, 0.1) is 11.0 Å². The van der Waals surface area contributed by atoms with Crippen molar-refractivity contribution in [1.82, 2.24) is 19.9 Å². The first kappa shape index (κ1) is 16.8. The predicted molar refractivity (Wildman–Crippen MR) is 102 cm³/mol. The average Bonchev–Trinajstić information content (AvgIpc) is 3.01. The first-order valence-electron chi connectivity index (χ1n) is 9.25. The summed E-state index contributed by atoms with van der Waals surface area (Å²) in [5.74, 6) is 1.63. The second kappa shape index (κ2) is 6.90. The summed E-state index contributed by atoms with van der Waals surface area (Å²) in [7, 11) is 0. The normalized spacial score (nSPS) is 15.5. The van der Waals surface area contributed by atoms with Crippen molar-refractivity contribution in [2.24, 2.45) is 5.92 Å². The van der Waals surface area contributed by atoms with Gasteiger partial charge in [-0.05, 0) is 74.9 Å². The van der Waals surface area contributed by atoms with Crippen LogP contribution < -0.4 is 0 Å². The molecular formula is C21H24N4O. The van der Waals surface area contributed by atoms with Gasteiger partial charge in [-0.2, -0.15) is 0 Å². The highest BCUT2D eigenvalue weighted by Gasteiger charge is 2.24. The van der Waals surface area contributed by atoms with Crippen LogP contribution in [0.25, 0.3) is 11.0 Å². The molecule has 1 saturated heterocycles. The van der Waals surface area contributed by atoms with Gasteiger partial charge in [-0.25, -0.2) is 4.98 Å². The Kier molecular flexibility index (Phi) is 4.45. The molecule has 0 radical (unpaired) electrons. The van der Waals surface area contributed by atoms with Crippen LogP contribution in [-0.2, 0) is 6.42 Å². The van der Waals surface area contributed by atoms with E-state index in [0.717, 1.165) is 60.5 Å². The molecule has 1 N–H and O–H groups in total. The highest BCUT2D eigenvalue weighted by Crippen LogP contribution is 2.24. The molecule has 1 amide bonds. The lowest BCUT2D eigenvalue weighted by atomic mass is 9.90. The summed E-state index contributed by atoms with van der Waals surface area (Å²) in [6, 6.07) is 10.00. The molecule has 3 aromatic rings. The van der Waals surface area contributed by atoms with Gasteiger partial charge in [0, 0.05) is 30.5 Å². The lowest BCUT2D eigenvalue weighted by Crippen LogP contribution is -2.38. The summed E-state index contributed by atoms with van der Waals surface area (Å²) in [6.45, 7) is 5.61. The number of H-pyrrole nitrogens is 1. The molecule has 3 heterocycles. The van der Waals surface area contributed by atoms with Crippen LogP contribution in [0.4, 0.5) is 0 Å². The number of carbonyl (C=O) groups is 1. The minimum Gasteiger partial charge on any atom is -0.342 e. The molecule has 0 saturated carbocycles. The zero-order valence-corrected chi connectivity index (χ0v) is 15.3. The fraction of sp³-hybridized carbons (Fsp3) is 0.381. The Bertz CT molecular complexity index is 938. The summed E-state index contributed by atoms with van der Waals surface area (Å²) in [5, 5.41) is 0. The van der Waals surface area contributed by atoms with Crippen molar-refractivity contribution >= 4 is 16.9 Å². The van der Waals surface area contributed by atoms with Gasteiger partial charge in [0.1, 0.15) is 5.82 Å². The van der Waals surface area contributed by atoms with Crippen molar-refractivity contribution in [2.45, 2.75) is 33.1 Å². The number of aromatic amines is 1. The first-order valence-corrected chi connectivity index (χ1v) is 9.25. The number of carbonyl (C=O) groups excluding carboxylic acids is 1. The van der Waals surface area contributed by atoms with E-state index >= 15 is 0 Å². The Morgan fingerprint density at radius 1 is 1.19 bits per heavy atom. The standard InChI is InChI=1S/C21H24N4O/c1-14-11-17(5-8-22-14)12-16-6-9-25(10-7-16)21(26)18-3-4-19-20(13-18)24-15(2)23-19/h3-5,8,11,13,16H,6-7,9-10,12H2,1-2H3,(H,23,24). The van der Waals surface area contributed by atoms with Gasteiger partial charge in [0.2, 0.25) is 0 Å². The van der Waals surface area contributed by atoms with Crippen LogP contribution in [0.3, 0.4) is 0 Å². The van der Waals surface area contributed by atoms with Crippen LogP contribution in [0, 0.1) is 19.8 Å². The molecule has 5 nitrogen and oxygen atoms in total. The zero-order chi connectivity index (χ0) is 18.1. The number of rotatable bonds is 3. The Morgan fingerprint density at radius 2 is 2.00 bits per heavy atom. The number of aryl methyl sites for hydroxylation is 2. The van der Waals surface area contributed by atoms with Crippen molar-refractivity contribution < 1.29 is 4.79 Å². The number of pyridine rings is 1. The minimum atomic E-state index is 0.123. The average molecular weight is 348 g/mol. The van der Waals surface area contributed by atoms with E-state index < -0.39 is 0 Å². The number of aromatic nitrogens is 3. The summed E-state index contributed by atoms with van der Waals surface area (Å²) in [5.41, 5.74) is 4.99. The third-order valence-electron chi connectivity index (χ3n) is 5.23. The van der Waals surface area contributed by atoms with Crippen LogP contribution in [0.5, 0.6) is 0 Å². The van der Waals surface area contributed by atoms with Gasteiger partial charge in [-0.3, -0.25) is 9.78 Å². The monoisotopic (exact) mass is 348 g/mol. The van der Waals surface area contributed by atoms with Crippen molar-refractivity contribution in [3.8, 4) is 0 Å². The number of imidazole rings is 1. The number of hydrogen-bond acceptors (Lipinski definition) is 3. The molecule has 1 fully saturated rings. The van der Waals surface area contributed by atoms with E-state index in [1.54, 1.807) is 0 Å². The Morgan fingerprint density at radius 3 is 2.77 bits per heavy atom. The molecule has 5 heteroatoms. The molecule has 1 aliphatic heterocycles. The quantitative estimate of drug-likeness (QED) is 0.785. The molecule has 0 aliphatic carbocycles. The van der Waals surface area contributed by atoms with E-state index in [2.05, 4.69) is 27.1 Å². The second-order valence-corrected chi connectivity index (χ2v) is 7.30. The lowest BCUT2D eigenvalue weighted by Gasteiger charge is -2.32. The maximum Gasteiger partial charge on any atom is 0.253 e. The Balaban J connectivity index is 1.39. The van der Waals surface area contributed by atoms with Crippen molar-refractivity contribution in [2.75, 3.05) is 13.1 Å². The van der Waals surface area contributed by atoms with Crippen molar-refractivity contribution in [3.63, 3.8) is 0 Å². The molecule has 0 unspecified atom stereocenters. The molecular weight excluding hydrogens is 324 g/mol. The molecule has 0 spiro atoms. The van der Waals surface area contributed by atoms with Crippen LogP contribution in [0.2, 0.25) is 0 Å². The third-order valence-corrected chi connectivity index (χ3v) is 5.23. The van der Waals surface area contributed by atoms with Crippen LogP contribution in [0.15, 0.2) is 36.5 Å². The summed E-state index contributed by atoms with van der Waals surface area (Å²) < 4.78 is 0. The molecule has 1 aromatic carbocycles. The van der Waals surface area contributed by atoms with Gasteiger partial charge in [-0.1, -0.05) is 0 Å². The zero-order valence-electron chi connectivity index (χ0n) is 15.3. The van der Waals surface area contributed by atoms with Crippen molar-refractivity contribution in [3.05, 3.63) is 59.2 Å². The van der Waals surface area contributed by atoms with Crippen LogP contribution in [0.1, 0.15) is 40.3 Å². The molecule has 134 valence electrons. The third kappa shape index (κ3) is 3.47. The highest BCUT2D eigenvalue weighted by atomic mass is 16.2. The summed E-state index contributed by atoms with van der Waals surface area (Å²) >= 11 is 0. The lowest BCUT2D eigenvalue weighted by molar-refractivity contribution is 0.0690. The number of nitrogens with zero attached hydrogens (tertiary/aromatic N) is 3. The van der Waals surface area contributed by atoms with E-state index in [1.165, 1.54) is 5.56 Å². The van der Waals surface area contributed by atoms with E-state index in [1.807, 2.05) is 43.1 Å². The van der Waals surface area contributed by atoms with Gasteiger partial charge >= 0.3 is 0 Å². The van der Waals surface area contributed by atoms with Crippen LogP contribution >= 0.6 is 0 Å². The Labute approximate surface area is 153 Å². The molecule has 4 rings (SSSR count). The van der Waals surface area contributed by atoms with E-state index in [0.29, 0.717) is 5.92 Å². The van der Waals surface area contributed by atoms with E-state index in [4.69, 9.17) is 0 Å². The Hall–Kier alpha value is -2.69. The van der Waals surface area contributed by atoms with Gasteiger partial charge in [-0.15, -0.1) is 0 Å². The van der Waals surface area contributed by atoms with Gasteiger partial charge in [0.15, 0.2) is 0 Å². The number of hydrogen-bond donors (Lipinski definition) is 1. The first-order chi connectivity index (χ1) is 12.6. The smallest absolute Gasteiger partial charge is 0.253 e. The predicted octanol–water partition coefficient (Wildman–Crippen LogP) is 3.67. The van der Waals surface area contributed by atoms with Gasteiger partial charge < -0.3 is 9.88 Å². The number of likely N-dealkylation sites (tertiary alicyclic amines) is 1. The van der Waals surface area contributed by atoms with E-state index in [9.17, 15) is 4.79 Å². The number of amides is 1. The molecule has 1 aliphatic rings. The fourth-order valence-corrected chi connectivity index (χ4v) is 3.86. The largest absolute Gasteiger partial charge is 0.342 e. The van der Waals surface area contributed by atoms with Gasteiger partial charge in [0.25, 0.3) is 5.91 Å². The SMILES string of the molecule is Cc1cc(CC2CCN(C(=O)c3ccc4nc(C)[nH]c4c3)CC2)ccn1. The maximum absolute atomic E-state index is 12.8. The summed E-state index contributed by atoms with van der Waals surface area (Å²) in [4.78, 5) is 26.7. The van der Waals surface area contributed by atoms with Crippen LogP contribution in [-0.4, -0.2) is 38.8 Å². The number of benzene rings is 1. The second-order valence-electron chi connectivity index (χ2n) is 7.30.